The maximum atomic E-state index is 9.91. The number of ether oxygens (including phenoxy) is 2. The lowest BCUT2D eigenvalue weighted by Gasteiger charge is -2.16. The number of benzene rings is 1. The first kappa shape index (κ1) is 15.4. The van der Waals surface area contributed by atoms with E-state index in [1.807, 2.05) is 43.3 Å². The van der Waals surface area contributed by atoms with Crippen molar-refractivity contribution in [3.8, 4) is 11.5 Å². The average Bonchev–Trinajstić information content (AvgIpc) is 3.05. The Balaban J connectivity index is 1.70. The molecule has 114 valence electrons. The lowest BCUT2D eigenvalue weighted by molar-refractivity contribution is 0.103. The molecule has 1 aromatic carbocycles. The summed E-state index contributed by atoms with van der Waals surface area (Å²) in [7, 11) is 1.62. The van der Waals surface area contributed by atoms with E-state index in [0.29, 0.717) is 12.3 Å². The van der Waals surface area contributed by atoms with Gasteiger partial charge in [-0.15, -0.1) is 0 Å². The van der Waals surface area contributed by atoms with Gasteiger partial charge in [0.15, 0.2) is 0 Å². The Morgan fingerprint density at radius 1 is 1.19 bits per heavy atom. The highest BCUT2D eigenvalue weighted by atomic mass is 16.5. The number of rotatable bonds is 8. The minimum Gasteiger partial charge on any atom is -0.497 e. The van der Waals surface area contributed by atoms with Crippen LogP contribution in [0, 0.1) is 0 Å². The quantitative estimate of drug-likeness (QED) is 0.782. The van der Waals surface area contributed by atoms with Crippen molar-refractivity contribution >= 4 is 0 Å². The molecule has 2 rings (SSSR count). The Morgan fingerprint density at radius 3 is 2.52 bits per heavy atom. The van der Waals surface area contributed by atoms with Gasteiger partial charge in [-0.25, -0.2) is 0 Å². The van der Waals surface area contributed by atoms with Crippen LogP contribution < -0.4 is 14.8 Å². The molecule has 1 aromatic heterocycles. The Kier molecular flexibility index (Phi) is 5.66. The van der Waals surface area contributed by atoms with Gasteiger partial charge in [0.1, 0.15) is 30.0 Å². The first-order valence-electron chi connectivity index (χ1n) is 6.90. The lowest BCUT2D eigenvalue weighted by Crippen LogP contribution is -2.32. The molecule has 0 bridgehead atoms. The summed E-state index contributed by atoms with van der Waals surface area (Å²) in [6.07, 6.45) is 1.04. The van der Waals surface area contributed by atoms with E-state index in [4.69, 9.17) is 13.9 Å². The van der Waals surface area contributed by atoms with Gasteiger partial charge in [-0.2, -0.15) is 0 Å². The molecule has 5 heteroatoms. The van der Waals surface area contributed by atoms with E-state index < -0.39 is 6.10 Å². The van der Waals surface area contributed by atoms with Crippen LogP contribution in [-0.2, 0) is 0 Å². The van der Waals surface area contributed by atoms with Gasteiger partial charge >= 0.3 is 0 Å². The van der Waals surface area contributed by atoms with E-state index in [1.165, 1.54) is 0 Å². The van der Waals surface area contributed by atoms with E-state index in [1.54, 1.807) is 13.4 Å². The molecule has 5 nitrogen and oxygen atoms in total. The second-order valence-electron chi connectivity index (χ2n) is 4.79. The molecule has 2 N–H and O–H groups in total. The standard InChI is InChI=1S/C16H21NO4/c1-12(16-4-3-9-20-16)17-10-13(18)11-21-15-7-5-14(19-2)6-8-15/h3-9,12-13,17-18H,10-11H2,1-2H3. The third kappa shape index (κ3) is 4.81. The van der Waals surface area contributed by atoms with Gasteiger partial charge in [0, 0.05) is 6.54 Å². The van der Waals surface area contributed by atoms with Gasteiger partial charge in [-0.05, 0) is 43.3 Å². The van der Waals surface area contributed by atoms with E-state index in [2.05, 4.69) is 5.32 Å². The van der Waals surface area contributed by atoms with Gasteiger partial charge < -0.3 is 24.3 Å². The van der Waals surface area contributed by atoms with Crippen molar-refractivity contribution in [1.82, 2.24) is 5.32 Å². The van der Waals surface area contributed by atoms with Crippen LogP contribution in [0.5, 0.6) is 11.5 Å². The zero-order chi connectivity index (χ0) is 15.1. The minimum absolute atomic E-state index is 0.0515. The highest BCUT2D eigenvalue weighted by Gasteiger charge is 2.11. The molecule has 0 fully saturated rings. The summed E-state index contributed by atoms with van der Waals surface area (Å²) >= 11 is 0. The van der Waals surface area contributed by atoms with Crippen molar-refractivity contribution in [2.45, 2.75) is 19.1 Å². The number of aliphatic hydroxyl groups is 1. The number of aliphatic hydroxyl groups excluding tert-OH is 1. The zero-order valence-electron chi connectivity index (χ0n) is 12.3. The third-order valence-corrected chi connectivity index (χ3v) is 3.13. The molecule has 0 aliphatic heterocycles. The summed E-state index contributed by atoms with van der Waals surface area (Å²) in [6, 6.07) is 11.1. The van der Waals surface area contributed by atoms with Gasteiger partial charge in [-0.3, -0.25) is 0 Å². The second-order valence-corrected chi connectivity index (χ2v) is 4.79. The van der Waals surface area contributed by atoms with Crippen LogP contribution in [0.3, 0.4) is 0 Å². The van der Waals surface area contributed by atoms with Crippen molar-refractivity contribution in [3.05, 3.63) is 48.4 Å². The molecule has 1 heterocycles. The molecule has 0 aliphatic carbocycles. The summed E-state index contributed by atoms with van der Waals surface area (Å²) < 4.78 is 15.9. The summed E-state index contributed by atoms with van der Waals surface area (Å²) in [5, 5.41) is 13.1. The number of nitrogens with one attached hydrogen (secondary N) is 1. The predicted octanol–water partition coefficient (Wildman–Crippen LogP) is 2.38. The van der Waals surface area contributed by atoms with Gasteiger partial charge in [-0.1, -0.05) is 0 Å². The Labute approximate surface area is 124 Å². The molecule has 0 saturated carbocycles. The van der Waals surface area contributed by atoms with E-state index >= 15 is 0 Å². The summed E-state index contributed by atoms with van der Waals surface area (Å²) in [5.41, 5.74) is 0. The Hall–Kier alpha value is -1.98. The van der Waals surface area contributed by atoms with Crippen molar-refractivity contribution in [2.24, 2.45) is 0 Å². The van der Waals surface area contributed by atoms with Gasteiger partial charge in [0.2, 0.25) is 0 Å². The van der Waals surface area contributed by atoms with Crippen LogP contribution in [-0.4, -0.2) is 31.5 Å². The summed E-state index contributed by atoms with van der Waals surface area (Å²) in [5.74, 6) is 2.32. The maximum absolute atomic E-state index is 9.91. The van der Waals surface area contributed by atoms with Crippen LogP contribution in [0.25, 0.3) is 0 Å². The van der Waals surface area contributed by atoms with Crippen molar-refractivity contribution in [2.75, 3.05) is 20.3 Å². The van der Waals surface area contributed by atoms with Crippen LogP contribution >= 0.6 is 0 Å². The maximum Gasteiger partial charge on any atom is 0.120 e. The fourth-order valence-corrected chi connectivity index (χ4v) is 1.87. The van der Waals surface area contributed by atoms with Crippen molar-refractivity contribution in [1.29, 1.82) is 0 Å². The topological polar surface area (TPSA) is 63.9 Å². The largest absolute Gasteiger partial charge is 0.497 e. The SMILES string of the molecule is COc1ccc(OCC(O)CNC(C)c2ccco2)cc1. The second kappa shape index (κ2) is 7.71. The monoisotopic (exact) mass is 291 g/mol. The summed E-state index contributed by atoms with van der Waals surface area (Å²) in [6.45, 7) is 2.64. The average molecular weight is 291 g/mol. The fraction of sp³-hybridized carbons (Fsp3) is 0.375. The minimum atomic E-state index is -0.593. The molecule has 0 amide bonds. The first-order chi connectivity index (χ1) is 10.2. The number of hydrogen-bond donors (Lipinski definition) is 2. The van der Waals surface area contributed by atoms with Crippen LogP contribution in [0.2, 0.25) is 0 Å². The lowest BCUT2D eigenvalue weighted by atomic mass is 10.2. The number of furan rings is 1. The van der Waals surface area contributed by atoms with Crippen LogP contribution in [0.4, 0.5) is 0 Å². The van der Waals surface area contributed by atoms with E-state index in [9.17, 15) is 5.11 Å². The van der Waals surface area contributed by atoms with Gasteiger partial charge in [0.05, 0.1) is 19.4 Å². The molecule has 2 unspecified atom stereocenters. The molecule has 0 saturated heterocycles. The smallest absolute Gasteiger partial charge is 0.120 e. The summed E-state index contributed by atoms with van der Waals surface area (Å²) in [4.78, 5) is 0. The fourth-order valence-electron chi connectivity index (χ4n) is 1.87. The first-order valence-corrected chi connectivity index (χ1v) is 6.90. The Bertz CT molecular complexity index is 510. The molecule has 21 heavy (non-hydrogen) atoms. The third-order valence-electron chi connectivity index (χ3n) is 3.13. The zero-order valence-corrected chi connectivity index (χ0v) is 12.3. The highest BCUT2D eigenvalue weighted by molar-refractivity contribution is 5.31. The molecule has 0 spiro atoms. The highest BCUT2D eigenvalue weighted by Crippen LogP contribution is 2.17. The molecular formula is C16H21NO4. The Morgan fingerprint density at radius 2 is 1.90 bits per heavy atom. The molecule has 2 atom stereocenters. The van der Waals surface area contributed by atoms with Gasteiger partial charge in [0.25, 0.3) is 0 Å². The molecule has 0 radical (unpaired) electrons. The molecule has 0 aliphatic rings. The van der Waals surface area contributed by atoms with E-state index in [0.717, 1.165) is 11.5 Å². The number of methoxy groups -OCH3 is 1. The predicted molar refractivity (Wildman–Crippen MR) is 79.6 cm³/mol. The normalized spacial score (nSPS) is 13.7. The van der Waals surface area contributed by atoms with Crippen LogP contribution in [0.1, 0.15) is 18.7 Å². The molecular weight excluding hydrogens is 270 g/mol. The number of hydrogen-bond acceptors (Lipinski definition) is 5. The van der Waals surface area contributed by atoms with E-state index in [-0.39, 0.29) is 12.6 Å². The molecule has 2 aromatic rings. The van der Waals surface area contributed by atoms with Crippen molar-refractivity contribution in [3.63, 3.8) is 0 Å². The van der Waals surface area contributed by atoms with Crippen molar-refractivity contribution < 1.29 is 19.0 Å². The van der Waals surface area contributed by atoms with Crippen LogP contribution in [0.15, 0.2) is 47.1 Å².